The van der Waals surface area contributed by atoms with Crippen LogP contribution in [0.25, 0.3) is 0 Å². The molecular weight excluding hydrogens is 287 g/mol. The molecule has 0 amide bonds. The van der Waals surface area contributed by atoms with E-state index in [0.29, 0.717) is 18.2 Å². The lowest BCUT2D eigenvalue weighted by molar-refractivity contribution is 0.631. The summed E-state index contributed by atoms with van der Waals surface area (Å²) in [5.74, 6) is 5.32. The zero-order valence-electron chi connectivity index (χ0n) is 9.63. The summed E-state index contributed by atoms with van der Waals surface area (Å²) >= 11 is 3.27. The summed E-state index contributed by atoms with van der Waals surface area (Å²) in [5, 5.41) is 2.81. The van der Waals surface area contributed by atoms with Gasteiger partial charge in [-0.15, -0.1) is 0 Å². The average molecular weight is 303 g/mol. The van der Waals surface area contributed by atoms with E-state index in [2.05, 4.69) is 38.6 Å². The van der Waals surface area contributed by atoms with Crippen molar-refractivity contribution in [2.45, 2.75) is 19.8 Å². The molecule has 0 unspecified atom stereocenters. The van der Waals surface area contributed by atoms with Gasteiger partial charge in [0.05, 0.1) is 5.69 Å². The lowest BCUT2D eigenvalue weighted by atomic mass is 10.3. The lowest BCUT2D eigenvalue weighted by Gasteiger charge is -2.10. The largest absolute Gasteiger partial charge is 0.323 e. The van der Waals surface area contributed by atoms with E-state index in [1.165, 1.54) is 6.07 Å². The van der Waals surface area contributed by atoms with E-state index in [-0.39, 0.29) is 5.82 Å². The van der Waals surface area contributed by atoms with E-state index in [4.69, 9.17) is 5.84 Å². The standard InChI is InChI=1S/C11H16BrFN4/c1-2-3-6-15-11(17-14)16-10-7-8(12)4-5-9(10)13/h4-5,7H,2-3,6,14H2,1H3,(H2,15,16,17). The molecule has 17 heavy (non-hydrogen) atoms. The fourth-order valence-corrected chi connectivity index (χ4v) is 1.55. The molecule has 0 heterocycles. The minimum absolute atomic E-state index is 0.326. The van der Waals surface area contributed by atoms with Crippen LogP contribution in [0.4, 0.5) is 10.1 Å². The van der Waals surface area contributed by atoms with Crippen LogP contribution in [-0.2, 0) is 0 Å². The van der Waals surface area contributed by atoms with E-state index in [0.717, 1.165) is 17.3 Å². The third-order valence-corrected chi connectivity index (χ3v) is 2.59. The van der Waals surface area contributed by atoms with Gasteiger partial charge in [0.1, 0.15) is 5.82 Å². The van der Waals surface area contributed by atoms with Crippen LogP contribution in [-0.4, -0.2) is 12.5 Å². The SMILES string of the molecule is CCCCN=C(NN)Nc1cc(Br)ccc1F. The van der Waals surface area contributed by atoms with Crippen LogP contribution in [0, 0.1) is 5.82 Å². The fourth-order valence-electron chi connectivity index (χ4n) is 1.19. The average Bonchev–Trinajstić information content (AvgIpc) is 2.32. The molecule has 0 aromatic heterocycles. The maximum Gasteiger partial charge on any atom is 0.210 e. The van der Waals surface area contributed by atoms with Crippen LogP contribution in [0.3, 0.4) is 0 Å². The zero-order chi connectivity index (χ0) is 12.7. The number of hydrazine groups is 1. The quantitative estimate of drug-likeness (QED) is 0.263. The highest BCUT2D eigenvalue weighted by atomic mass is 79.9. The minimum Gasteiger partial charge on any atom is -0.323 e. The minimum atomic E-state index is -0.355. The highest BCUT2D eigenvalue weighted by Crippen LogP contribution is 2.19. The van der Waals surface area contributed by atoms with Crippen LogP contribution in [0.1, 0.15) is 19.8 Å². The second-order valence-electron chi connectivity index (χ2n) is 3.48. The van der Waals surface area contributed by atoms with Gasteiger partial charge in [0.15, 0.2) is 0 Å². The smallest absolute Gasteiger partial charge is 0.210 e. The van der Waals surface area contributed by atoms with Crippen molar-refractivity contribution >= 4 is 27.6 Å². The summed E-state index contributed by atoms with van der Waals surface area (Å²) in [5.41, 5.74) is 2.74. The van der Waals surface area contributed by atoms with E-state index < -0.39 is 0 Å². The van der Waals surface area contributed by atoms with E-state index in [1.54, 1.807) is 12.1 Å². The summed E-state index contributed by atoms with van der Waals surface area (Å²) < 4.78 is 14.2. The first-order chi connectivity index (χ1) is 8.17. The molecule has 4 nitrogen and oxygen atoms in total. The third-order valence-electron chi connectivity index (χ3n) is 2.10. The van der Waals surface area contributed by atoms with Crippen molar-refractivity contribution in [3.05, 3.63) is 28.5 Å². The molecule has 1 aromatic carbocycles. The molecule has 0 aliphatic carbocycles. The Morgan fingerprint density at radius 2 is 2.29 bits per heavy atom. The number of unbranched alkanes of at least 4 members (excludes halogenated alkanes) is 1. The first-order valence-electron chi connectivity index (χ1n) is 5.40. The Kier molecular flexibility index (Phi) is 5.93. The van der Waals surface area contributed by atoms with Gasteiger partial charge < -0.3 is 5.32 Å². The van der Waals surface area contributed by atoms with Gasteiger partial charge in [0, 0.05) is 11.0 Å². The van der Waals surface area contributed by atoms with E-state index in [1.807, 2.05) is 0 Å². The Hall–Kier alpha value is -1.14. The van der Waals surface area contributed by atoms with Gasteiger partial charge in [0.2, 0.25) is 5.96 Å². The number of nitrogens with zero attached hydrogens (tertiary/aromatic N) is 1. The van der Waals surface area contributed by atoms with Gasteiger partial charge in [-0.3, -0.25) is 10.4 Å². The molecule has 0 spiro atoms. The number of guanidine groups is 1. The summed E-state index contributed by atoms with van der Waals surface area (Å²) in [7, 11) is 0. The van der Waals surface area contributed by atoms with Gasteiger partial charge >= 0.3 is 0 Å². The van der Waals surface area contributed by atoms with E-state index in [9.17, 15) is 4.39 Å². The molecule has 0 saturated heterocycles. The van der Waals surface area contributed by atoms with Gasteiger partial charge in [-0.25, -0.2) is 10.2 Å². The molecule has 0 bridgehead atoms. The normalized spacial score (nSPS) is 11.4. The van der Waals surface area contributed by atoms with Gasteiger partial charge in [-0.05, 0) is 24.6 Å². The predicted octanol–water partition coefficient (Wildman–Crippen LogP) is 2.62. The molecule has 1 rings (SSSR count). The van der Waals surface area contributed by atoms with Crippen LogP contribution < -0.4 is 16.6 Å². The topological polar surface area (TPSA) is 62.4 Å². The molecule has 0 saturated carbocycles. The number of nitrogens with two attached hydrogens (primary N) is 1. The maximum atomic E-state index is 13.4. The molecule has 94 valence electrons. The van der Waals surface area contributed by atoms with Crippen molar-refractivity contribution in [1.82, 2.24) is 5.43 Å². The van der Waals surface area contributed by atoms with Crippen molar-refractivity contribution in [3.8, 4) is 0 Å². The number of hydrogen-bond donors (Lipinski definition) is 3. The molecule has 0 fully saturated rings. The second-order valence-corrected chi connectivity index (χ2v) is 4.39. The molecule has 4 N–H and O–H groups in total. The molecule has 0 aliphatic rings. The van der Waals surface area contributed by atoms with Gasteiger partial charge in [0.25, 0.3) is 0 Å². The summed E-state index contributed by atoms with van der Waals surface area (Å²) in [6.07, 6.45) is 2.01. The number of aliphatic imine (C=N–C) groups is 1. The number of hydrogen-bond acceptors (Lipinski definition) is 2. The van der Waals surface area contributed by atoms with Crippen molar-refractivity contribution in [3.63, 3.8) is 0 Å². The molecule has 1 aromatic rings. The van der Waals surface area contributed by atoms with Crippen LogP contribution >= 0.6 is 15.9 Å². The molecule has 0 aliphatic heterocycles. The Balaban J connectivity index is 2.73. The fraction of sp³-hybridized carbons (Fsp3) is 0.364. The molecular formula is C11H16BrFN4. The van der Waals surface area contributed by atoms with Crippen molar-refractivity contribution < 1.29 is 4.39 Å². The van der Waals surface area contributed by atoms with Gasteiger partial charge in [-0.1, -0.05) is 29.3 Å². The molecule has 0 radical (unpaired) electrons. The summed E-state index contributed by atoms with van der Waals surface area (Å²) in [6, 6.07) is 4.62. The number of benzene rings is 1. The molecule has 6 heteroatoms. The van der Waals surface area contributed by atoms with Crippen molar-refractivity contribution in [2.24, 2.45) is 10.8 Å². The Morgan fingerprint density at radius 1 is 1.53 bits per heavy atom. The highest BCUT2D eigenvalue weighted by Gasteiger charge is 2.04. The van der Waals surface area contributed by atoms with Crippen molar-refractivity contribution in [2.75, 3.05) is 11.9 Å². The number of nitrogens with one attached hydrogen (secondary N) is 2. The highest BCUT2D eigenvalue weighted by molar-refractivity contribution is 9.10. The summed E-state index contributed by atoms with van der Waals surface area (Å²) in [4.78, 5) is 4.19. The number of halogens is 2. The van der Waals surface area contributed by atoms with Crippen molar-refractivity contribution in [1.29, 1.82) is 0 Å². The second kappa shape index (κ2) is 7.24. The lowest BCUT2D eigenvalue weighted by Crippen LogP contribution is -2.36. The Labute approximate surface area is 109 Å². The molecule has 0 atom stereocenters. The number of rotatable bonds is 4. The predicted molar refractivity (Wildman–Crippen MR) is 72.3 cm³/mol. The monoisotopic (exact) mass is 302 g/mol. The van der Waals surface area contributed by atoms with Gasteiger partial charge in [-0.2, -0.15) is 0 Å². The Bertz CT molecular complexity index is 395. The Morgan fingerprint density at radius 3 is 2.94 bits per heavy atom. The van der Waals surface area contributed by atoms with Crippen LogP contribution in [0.5, 0.6) is 0 Å². The first-order valence-corrected chi connectivity index (χ1v) is 6.19. The van der Waals surface area contributed by atoms with E-state index >= 15 is 0 Å². The number of anilines is 1. The van der Waals surface area contributed by atoms with Crippen LogP contribution in [0.15, 0.2) is 27.7 Å². The third kappa shape index (κ3) is 4.70. The maximum absolute atomic E-state index is 13.4. The first kappa shape index (κ1) is 13.9. The summed E-state index contributed by atoms with van der Waals surface area (Å²) in [6.45, 7) is 2.73. The zero-order valence-corrected chi connectivity index (χ0v) is 11.2. The van der Waals surface area contributed by atoms with Crippen LogP contribution in [0.2, 0.25) is 0 Å².